The number of aromatic nitrogens is 1. The van der Waals surface area contributed by atoms with Gasteiger partial charge in [-0.25, -0.2) is 0 Å². The molecule has 0 saturated carbocycles. The summed E-state index contributed by atoms with van der Waals surface area (Å²) >= 11 is 3.79. The van der Waals surface area contributed by atoms with E-state index in [2.05, 4.69) is 350 Å². The number of hydrogen-bond acceptors (Lipinski definition) is 2. The standard InChI is InChI=1S/C92H57NS2/c1-7-21-58(22-8-1)66-40-47-87-80(49-66)83-54-70(60-25-11-3-12-26-60)52-78(91(83)94-87)68-38-44-73-74-45-39-69(79-53-71(61-27-13-4-14-28-61)55-84-81-50-67(59-23-9-2-10-24-59)41-48-88(81)95-92(79)84)57-86(74)93(85(73)56-68)72-42-35-62(36-43-72)65-37-46-77-82(51-65)90(64-31-17-6-18-32-64)76-34-20-19-33-75(76)89(77)63-29-15-5-16-30-63/h1-57H. The van der Waals surface area contributed by atoms with Crippen LogP contribution in [-0.4, -0.2) is 4.57 Å². The molecule has 3 heterocycles. The monoisotopic (exact) mass is 1240 g/mol. The highest BCUT2D eigenvalue weighted by Crippen LogP contribution is 2.50. The van der Waals surface area contributed by atoms with Gasteiger partial charge in [-0.05, 0) is 189 Å². The van der Waals surface area contributed by atoms with Crippen LogP contribution >= 0.6 is 22.7 Å². The first-order valence-corrected chi connectivity index (χ1v) is 34.2. The molecule has 0 N–H and O–H groups in total. The molecule has 1 nitrogen and oxygen atoms in total. The Labute approximate surface area is 558 Å². The summed E-state index contributed by atoms with van der Waals surface area (Å²) in [6.07, 6.45) is 0. The van der Waals surface area contributed by atoms with Crippen LogP contribution < -0.4 is 0 Å². The highest BCUT2D eigenvalue weighted by atomic mass is 32.1. The molecule has 0 radical (unpaired) electrons. The minimum atomic E-state index is 1.10. The maximum atomic E-state index is 2.54. The molecule has 3 heteroatoms. The molecular formula is C92H57NS2. The Morgan fingerprint density at radius 2 is 0.484 bits per heavy atom. The Hall–Kier alpha value is -11.7. The summed E-state index contributed by atoms with van der Waals surface area (Å²) in [6.45, 7) is 0. The average Bonchev–Trinajstić information content (AvgIpc) is 1.61. The van der Waals surface area contributed by atoms with Crippen molar-refractivity contribution < 1.29 is 0 Å². The third-order valence-corrected chi connectivity index (χ3v) is 22.0. The van der Waals surface area contributed by atoms with Crippen molar-refractivity contribution in [2.24, 2.45) is 0 Å². The Morgan fingerprint density at radius 1 is 0.179 bits per heavy atom. The fourth-order valence-corrected chi connectivity index (χ4v) is 17.4. The number of hydrogen-bond donors (Lipinski definition) is 0. The molecule has 19 aromatic rings. The van der Waals surface area contributed by atoms with Gasteiger partial charge in [-0.3, -0.25) is 0 Å². The molecule has 0 atom stereocenters. The molecular weight excluding hydrogens is 1180 g/mol. The van der Waals surface area contributed by atoms with Gasteiger partial charge in [0.2, 0.25) is 0 Å². The van der Waals surface area contributed by atoms with Crippen molar-refractivity contribution in [1.29, 1.82) is 0 Å². The highest BCUT2D eigenvalue weighted by Gasteiger charge is 2.23. The first-order chi connectivity index (χ1) is 47.1. The van der Waals surface area contributed by atoms with Crippen LogP contribution in [0.25, 0.3) is 190 Å². The normalized spacial score (nSPS) is 11.8. The molecule has 0 saturated heterocycles. The van der Waals surface area contributed by atoms with Gasteiger partial charge < -0.3 is 4.57 Å². The maximum absolute atomic E-state index is 2.54. The van der Waals surface area contributed by atoms with Crippen LogP contribution in [0.15, 0.2) is 346 Å². The van der Waals surface area contributed by atoms with Gasteiger partial charge >= 0.3 is 0 Å². The molecule has 0 aliphatic rings. The molecule has 0 bridgehead atoms. The lowest BCUT2D eigenvalue weighted by Crippen LogP contribution is -1.95. The van der Waals surface area contributed by atoms with E-state index < -0.39 is 0 Å². The van der Waals surface area contributed by atoms with E-state index in [4.69, 9.17) is 0 Å². The molecule has 19 rings (SSSR count). The summed E-state index contributed by atoms with van der Waals surface area (Å²) in [5.41, 5.74) is 25.2. The summed E-state index contributed by atoms with van der Waals surface area (Å²) in [5, 5.41) is 12.5. The predicted octanol–water partition coefficient (Wildman–Crippen LogP) is 26.8. The van der Waals surface area contributed by atoms with Gasteiger partial charge in [0.1, 0.15) is 0 Å². The molecule has 3 aromatic heterocycles. The van der Waals surface area contributed by atoms with Gasteiger partial charge in [0.05, 0.1) is 11.0 Å². The Balaban J connectivity index is 0.832. The van der Waals surface area contributed by atoms with Crippen molar-refractivity contribution >= 4 is 106 Å². The fourth-order valence-electron chi connectivity index (χ4n) is 15.0. The van der Waals surface area contributed by atoms with E-state index in [-0.39, 0.29) is 0 Å². The molecule has 442 valence electrons. The zero-order valence-electron chi connectivity index (χ0n) is 51.7. The molecule has 0 amide bonds. The molecule has 0 spiro atoms. The molecule has 0 aliphatic carbocycles. The molecule has 0 unspecified atom stereocenters. The van der Waals surface area contributed by atoms with Gasteiger partial charge in [-0.1, -0.05) is 267 Å². The van der Waals surface area contributed by atoms with E-state index >= 15 is 0 Å². The van der Waals surface area contributed by atoms with Crippen molar-refractivity contribution in [2.75, 3.05) is 0 Å². The smallest absolute Gasteiger partial charge is 0.0547 e. The lowest BCUT2D eigenvalue weighted by Gasteiger charge is -2.19. The largest absolute Gasteiger partial charge is 0.309 e. The molecule has 95 heavy (non-hydrogen) atoms. The fraction of sp³-hybridized carbons (Fsp3) is 0. The van der Waals surface area contributed by atoms with Gasteiger partial charge in [0.25, 0.3) is 0 Å². The number of fused-ring (bicyclic) bond motifs is 11. The SMILES string of the molecule is c1ccc(-c2ccc3sc4c(-c5ccc6c7ccc(-c8cc(-c9ccccc9)cc9c8sc8ccc(-c%10ccccc%10)cc89)cc7n(-c7ccc(-c8ccc9c(-c%10ccccc%10)c%10ccccc%10c(-c%10ccccc%10)c9c8)cc7)c6c5)cc(-c5ccccc5)cc4c3c2)cc1. The quantitative estimate of drug-likeness (QED) is 0.120. The summed E-state index contributed by atoms with van der Waals surface area (Å²) < 4.78 is 7.67. The van der Waals surface area contributed by atoms with Crippen LogP contribution in [0.4, 0.5) is 0 Å². The first-order valence-electron chi connectivity index (χ1n) is 32.6. The first kappa shape index (κ1) is 55.0. The van der Waals surface area contributed by atoms with Crippen LogP contribution in [-0.2, 0) is 0 Å². The van der Waals surface area contributed by atoms with Gasteiger partial charge in [0, 0.05) is 67.9 Å². The highest BCUT2D eigenvalue weighted by molar-refractivity contribution is 7.26. The number of rotatable bonds is 10. The lowest BCUT2D eigenvalue weighted by molar-refractivity contribution is 1.18. The van der Waals surface area contributed by atoms with Crippen LogP contribution in [0.1, 0.15) is 0 Å². The van der Waals surface area contributed by atoms with E-state index in [1.165, 1.54) is 167 Å². The van der Waals surface area contributed by atoms with E-state index in [1.54, 1.807) is 0 Å². The Bertz CT molecular complexity index is 5950. The van der Waals surface area contributed by atoms with Crippen molar-refractivity contribution in [3.05, 3.63) is 346 Å². The van der Waals surface area contributed by atoms with Crippen LogP contribution in [0.5, 0.6) is 0 Å². The average molecular weight is 1240 g/mol. The minimum Gasteiger partial charge on any atom is -0.309 e. The van der Waals surface area contributed by atoms with Gasteiger partial charge in [-0.15, -0.1) is 22.7 Å². The maximum Gasteiger partial charge on any atom is 0.0547 e. The summed E-state index contributed by atoms with van der Waals surface area (Å²) in [6, 6.07) is 129. The van der Waals surface area contributed by atoms with E-state index in [9.17, 15) is 0 Å². The molecule has 0 fully saturated rings. The van der Waals surface area contributed by atoms with Crippen LogP contribution in [0, 0.1) is 0 Å². The summed E-state index contributed by atoms with van der Waals surface area (Å²) in [5.74, 6) is 0. The molecule has 0 aliphatic heterocycles. The molecule has 16 aromatic carbocycles. The number of nitrogens with zero attached hydrogens (tertiary/aromatic N) is 1. The third kappa shape index (κ3) is 9.34. The summed E-state index contributed by atoms with van der Waals surface area (Å²) in [7, 11) is 0. The Morgan fingerprint density at radius 3 is 0.916 bits per heavy atom. The van der Waals surface area contributed by atoms with Crippen LogP contribution in [0.3, 0.4) is 0 Å². The van der Waals surface area contributed by atoms with Crippen molar-refractivity contribution in [2.45, 2.75) is 0 Å². The van der Waals surface area contributed by atoms with Crippen molar-refractivity contribution in [1.82, 2.24) is 4.57 Å². The lowest BCUT2D eigenvalue weighted by atomic mass is 9.85. The van der Waals surface area contributed by atoms with Gasteiger partial charge in [0.15, 0.2) is 0 Å². The zero-order chi connectivity index (χ0) is 62.5. The second-order valence-corrected chi connectivity index (χ2v) is 27.1. The summed E-state index contributed by atoms with van der Waals surface area (Å²) in [4.78, 5) is 0. The Kier molecular flexibility index (Phi) is 13.0. The van der Waals surface area contributed by atoms with E-state index in [1.807, 2.05) is 22.7 Å². The van der Waals surface area contributed by atoms with Crippen LogP contribution in [0.2, 0.25) is 0 Å². The van der Waals surface area contributed by atoms with E-state index in [0.717, 1.165) is 22.3 Å². The van der Waals surface area contributed by atoms with Crippen molar-refractivity contribution in [3.63, 3.8) is 0 Å². The second-order valence-electron chi connectivity index (χ2n) is 25.0. The second kappa shape index (κ2) is 22.5. The van der Waals surface area contributed by atoms with Gasteiger partial charge in [-0.2, -0.15) is 0 Å². The zero-order valence-corrected chi connectivity index (χ0v) is 53.3. The van der Waals surface area contributed by atoms with E-state index in [0.29, 0.717) is 0 Å². The topological polar surface area (TPSA) is 4.93 Å². The minimum absolute atomic E-state index is 1.10. The van der Waals surface area contributed by atoms with Crippen molar-refractivity contribution in [3.8, 4) is 106 Å². The number of benzene rings is 16. The third-order valence-electron chi connectivity index (χ3n) is 19.6. The predicted molar refractivity (Wildman–Crippen MR) is 410 cm³/mol. The number of thiophene rings is 2.